The fourth-order valence-corrected chi connectivity index (χ4v) is 8.51. The molecule has 0 unspecified atom stereocenters. The quantitative estimate of drug-likeness (QED) is 0.634. The molecule has 1 N–H and O–H groups in total. The van der Waals surface area contributed by atoms with Crippen molar-refractivity contribution >= 4 is 21.8 Å². The monoisotopic (exact) mass is 489 g/mol. The molecule has 0 radical (unpaired) electrons. The van der Waals surface area contributed by atoms with Gasteiger partial charge in [-0.2, -0.15) is 4.31 Å². The van der Waals surface area contributed by atoms with Crippen molar-refractivity contribution in [1.82, 2.24) is 14.5 Å². The van der Waals surface area contributed by atoms with Crippen LogP contribution in [0.2, 0.25) is 0 Å². The zero-order valence-corrected chi connectivity index (χ0v) is 20.7. The summed E-state index contributed by atoms with van der Waals surface area (Å²) in [6, 6.07) is 6.34. The summed E-state index contributed by atoms with van der Waals surface area (Å²) in [4.78, 5) is 27.7. The Labute approximate surface area is 202 Å². The van der Waals surface area contributed by atoms with Crippen molar-refractivity contribution < 1.29 is 22.7 Å². The minimum Gasteiger partial charge on any atom is -0.497 e. The molecule has 34 heavy (non-hydrogen) atoms. The minimum absolute atomic E-state index is 0.0349. The molecule has 2 amide bonds. The number of hydrogen-bond donors (Lipinski definition) is 1. The molecule has 5 aliphatic rings. The average molecular weight is 490 g/mol. The summed E-state index contributed by atoms with van der Waals surface area (Å²) in [7, 11) is -2.07. The Hall–Kier alpha value is -2.13. The second-order valence-corrected chi connectivity index (χ2v) is 12.6. The Bertz CT molecular complexity index is 996. The molecule has 6 rings (SSSR count). The third-order valence-electron chi connectivity index (χ3n) is 8.43. The first-order valence-corrected chi connectivity index (χ1v) is 13.9. The van der Waals surface area contributed by atoms with E-state index in [0.717, 1.165) is 19.3 Å². The summed E-state index contributed by atoms with van der Waals surface area (Å²) in [6.45, 7) is 1.59. The number of ether oxygens (including phenoxy) is 1. The highest BCUT2D eigenvalue weighted by Gasteiger charge is 2.54. The van der Waals surface area contributed by atoms with Gasteiger partial charge in [0.15, 0.2) is 0 Å². The predicted octanol–water partition coefficient (Wildman–Crippen LogP) is 2.25. The molecule has 0 atom stereocenters. The van der Waals surface area contributed by atoms with Crippen LogP contribution < -0.4 is 10.1 Å². The summed E-state index contributed by atoms with van der Waals surface area (Å²) in [6.07, 6.45) is 7.20. The minimum atomic E-state index is -3.60. The second-order valence-electron chi connectivity index (χ2n) is 10.7. The zero-order valence-electron chi connectivity index (χ0n) is 19.9. The van der Waals surface area contributed by atoms with Crippen LogP contribution in [0.15, 0.2) is 29.2 Å². The fourth-order valence-electron chi connectivity index (χ4n) is 7.09. The average Bonchev–Trinajstić information content (AvgIpc) is 2.83. The molecule has 0 spiro atoms. The Kier molecular flexibility index (Phi) is 6.35. The van der Waals surface area contributed by atoms with Crippen molar-refractivity contribution in [2.45, 2.75) is 49.8 Å². The van der Waals surface area contributed by atoms with Gasteiger partial charge in [0, 0.05) is 44.6 Å². The van der Waals surface area contributed by atoms with E-state index >= 15 is 0 Å². The molecule has 4 bridgehead atoms. The highest BCUT2D eigenvalue weighted by molar-refractivity contribution is 7.89. The number of amides is 2. The number of benzene rings is 1. The van der Waals surface area contributed by atoms with E-state index in [-0.39, 0.29) is 41.6 Å². The lowest BCUT2D eigenvalue weighted by Crippen LogP contribution is -2.54. The van der Waals surface area contributed by atoms with Gasteiger partial charge in [0.1, 0.15) is 5.75 Å². The molecule has 1 aromatic rings. The Balaban J connectivity index is 1.09. The molecule has 5 fully saturated rings. The van der Waals surface area contributed by atoms with Crippen molar-refractivity contribution in [3.8, 4) is 5.75 Å². The van der Waals surface area contributed by atoms with E-state index in [1.807, 2.05) is 0 Å². The first-order chi connectivity index (χ1) is 16.3. The standard InChI is InChI=1S/C25H35N3O5S/c1-33-21-2-4-22(5-3-21)34(31,32)28-10-8-27(9-11-28)23(29)6-7-26-24(30)25-15-18-12-19(16-25)14-20(13-18)17-25/h2-5,18-20H,6-17H2,1H3,(H,26,30). The second kappa shape index (κ2) is 9.15. The predicted molar refractivity (Wildman–Crippen MR) is 127 cm³/mol. The summed E-state index contributed by atoms with van der Waals surface area (Å²) >= 11 is 0. The lowest BCUT2D eigenvalue weighted by Gasteiger charge is -2.55. The van der Waals surface area contributed by atoms with Crippen LogP contribution in [0.1, 0.15) is 44.9 Å². The number of carbonyl (C=O) groups excluding carboxylic acids is 2. The molecule has 9 heteroatoms. The molecule has 1 heterocycles. The van der Waals surface area contributed by atoms with Gasteiger partial charge in [-0.15, -0.1) is 0 Å². The maximum Gasteiger partial charge on any atom is 0.243 e. The first kappa shape index (κ1) is 23.6. The van der Waals surface area contributed by atoms with Crippen LogP contribution in [0.5, 0.6) is 5.75 Å². The molecule has 1 saturated heterocycles. The number of sulfonamides is 1. The Morgan fingerprint density at radius 2 is 1.53 bits per heavy atom. The van der Waals surface area contributed by atoms with Crippen LogP contribution in [-0.4, -0.2) is 69.3 Å². The van der Waals surface area contributed by atoms with Gasteiger partial charge >= 0.3 is 0 Å². The lowest BCUT2D eigenvalue weighted by molar-refractivity contribution is -0.146. The zero-order chi connectivity index (χ0) is 23.9. The summed E-state index contributed by atoms with van der Waals surface area (Å²) in [5.41, 5.74) is -0.195. The maximum absolute atomic E-state index is 13.1. The molecule has 8 nitrogen and oxygen atoms in total. The van der Waals surface area contributed by atoms with Crippen LogP contribution in [0.4, 0.5) is 0 Å². The normalized spacial score (nSPS) is 30.9. The third-order valence-corrected chi connectivity index (χ3v) is 10.3. The van der Waals surface area contributed by atoms with Gasteiger partial charge in [-0.1, -0.05) is 0 Å². The molecule has 4 aliphatic carbocycles. The van der Waals surface area contributed by atoms with E-state index < -0.39 is 10.0 Å². The van der Waals surface area contributed by atoms with Crippen LogP contribution in [-0.2, 0) is 19.6 Å². The van der Waals surface area contributed by atoms with Gasteiger partial charge in [-0.3, -0.25) is 9.59 Å². The number of piperazine rings is 1. The summed E-state index contributed by atoms with van der Waals surface area (Å²) in [5.74, 6) is 2.85. The van der Waals surface area contributed by atoms with E-state index in [1.54, 1.807) is 17.0 Å². The van der Waals surface area contributed by atoms with Gasteiger partial charge in [0.2, 0.25) is 21.8 Å². The SMILES string of the molecule is COc1ccc(S(=O)(=O)N2CCN(C(=O)CCNC(=O)C34CC5CC(CC(C5)C3)C4)CC2)cc1. The Morgan fingerprint density at radius 1 is 0.971 bits per heavy atom. The van der Waals surface area contributed by atoms with Crippen molar-refractivity contribution in [1.29, 1.82) is 0 Å². The summed E-state index contributed by atoms with van der Waals surface area (Å²) < 4.78 is 32.3. The van der Waals surface area contributed by atoms with E-state index in [4.69, 9.17) is 4.74 Å². The number of carbonyl (C=O) groups is 2. The molecule has 186 valence electrons. The van der Waals surface area contributed by atoms with Crippen molar-refractivity contribution in [3.63, 3.8) is 0 Å². The number of methoxy groups -OCH3 is 1. The number of nitrogens with zero attached hydrogens (tertiary/aromatic N) is 2. The van der Waals surface area contributed by atoms with E-state index in [1.165, 1.54) is 42.8 Å². The maximum atomic E-state index is 13.1. The molecular formula is C25H35N3O5S. The van der Waals surface area contributed by atoms with Gasteiger partial charge in [0.25, 0.3) is 0 Å². The highest BCUT2D eigenvalue weighted by Crippen LogP contribution is 2.60. The number of hydrogen-bond acceptors (Lipinski definition) is 5. The molecular weight excluding hydrogens is 454 g/mol. The van der Waals surface area contributed by atoms with Gasteiger partial charge < -0.3 is 15.0 Å². The van der Waals surface area contributed by atoms with Gasteiger partial charge in [-0.25, -0.2) is 8.42 Å². The van der Waals surface area contributed by atoms with E-state index in [9.17, 15) is 18.0 Å². The van der Waals surface area contributed by atoms with Gasteiger partial charge in [0.05, 0.1) is 12.0 Å². The largest absolute Gasteiger partial charge is 0.497 e. The number of rotatable bonds is 7. The van der Waals surface area contributed by atoms with Crippen LogP contribution in [0.25, 0.3) is 0 Å². The van der Waals surface area contributed by atoms with Crippen LogP contribution in [0, 0.1) is 23.2 Å². The van der Waals surface area contributed by atoms with E-state index in [2.05, 4.69) is 5.32 Å². The summed E-state index contributed by atoms with van der Waals surface area (Å²) in [5, 5.41) is 3.07. The number of nitrogens with one attached hydrogen (secondary N) is 1. The smallest absolute Gasteiger partial charge is 0.243 e. The van der Waals surface area contributed by atoms with E-state index in [0.29, 0.717) is 43.1 Å². The van der Waals surface area contributed by atoms with Crippen molar-refractivity contribution in [2.24, 2.45) is 23.2 Å². The highest BCUT2D eigenvalue weighted by atomic mass is 32.2. The topological polar surface area (TPSA) is 96.0 Å². The molecule has 1 aliphatic heterocycles. The third kappa shape index (κ3) is 4.44. The van der Waals surface area contributed by atoms with Crippen LogP contribution in [0.3, 0.4) is 0 Å². The fraction of sp³-hybridized carbons (Fsp3) is 0.680. The molecule has 0 aromatic heterocycles. The van der Waals surface area contributed by atoms with Gasteiger partial charge in [-0.05, 0) is 80.5 Å². The van der Waals surface area contributed by atoms with Crippen molar-refractivity contribution in [3.05, 3.63) is 24.3 Å². The van der Waals surface area contributed by atoms with Crippen LogP contribution >= 0.6 is 0 Å². The van der Waals surface area contributed by atoms with Crippen molar-refractivity contribution in [2.75, 3.05) is 39.8 Å². The lowest BCUT2D eigenvalue weighted by atomic mass is 9.49. The Morgan fingerprint density at radius 3 is 2.06 bits per heavy atom. The molecule has 4 saturated carbocycles. The first-order valence-electron chi connectivity index (χ1n) is 12.5. The molecule has 1 aromatic carbocycles.